The van der Waals surface area contributed by atoms with E-state index in [0.29, 0.717) is 17.8 Å². The monoisotopic (exact) mass is 365 g/mol. The van der Waals surface area contributed by atoms with E-state index < -0.39 is 0 Å². The number of likely N-dealkylation sites (tertiary alicyclic amines) is 1. The van der Waals surface area contributed by atoms with Crippen LogP contribution in [0.4, 0.5) is 0 Å². The van der Waals surface area contributed by atoms with Crippen molar-refractivity contribution in [3.05, 3.63) is 42.1 Å². The number of nitrogens with one attached hydrogen (secondary N) is 1. The van der Waals surface area contributed by atoms with Gasteiger partial charge in [-0.15, -0.1) is 5.10 Å². The van der Waals surface area contributed by atoms with Crippen LogP contribution in [-0.2, 0) is 4.74 Å². The number of rotatable bonds is 5. The highest BCUT2D eigenvalue weighted by molar-refractivity contribution is 5.95. The van der Waals surface area contributed by atoms with Gasteiger partial charge in [-0.25, -0.2) is 4.98 Å². The van der Waals surface area contributed by atoms with Crippen LogP contribution >= 0.6 is 0 Å². The van der Waals surface area contributed by atoms with Crippen molar-refractivity contribution in [1.29, 1.82) is 0 Å². The highest BCUT2D eigenvalue weighted by Crippen LogP contribution is 2.23. The van der Waals surface area contributed by atoms with Gasteiger partial charge in [-0.1, -0.05) is 19.1 Å². The largest absolute Gasteiger partial charge is 0.376 e. The van der Waals surface area contributed by atoms with Crippen LogP contribution in [0.25, 0.3) is 22.3 Å². The van der Waals surface area contributed by atoms with Gasteiger partial charge in [0.2, 0.25) is 5.65 Å². The molecule has 1 aromatic carbocycles. The number of pyridine rings is 1. The fourth-order valence-electron chi connectivity index (χ4n) is 3.43. The number of ether oxygens (including phenoxy) is 1. The van der Waals surface area contributed by atoms with E-state index in [2.05, 4.69) is 27.3 Å². The first-order valence-electron chi connectivity index (χ1n) is 9.42. The van der Waals surface area contributed by atoms with Crippen LogP contribution in [0.2, 0.25) is 0 Å². The number of nitrogens with zero attached hydrogens (tertiary/aromatic N) is 4. The van der Waals surface area contributed by atoms with E-state index in [1.165, 1.54) is 0 Å². The second-order valence-corrected chi connectivity index (χ2v) is 6.85. The average Bonchev–Trinajstić information content (AvgIpc) is 3.20. The maximum atomic E-state index is 12.8. The summed E-state index contributed by atoms with van der Waals surface area (Å²) < 4.78 is 5.84. The molecule has 7 nitrogen and oxygen atoms in total. The van der Waals surface area contributed by atoms with Gasteiger partial charge in [-0.3, -0.25) is 4.79 Å². The van der Waals surface area contributed by atoms with Gasteiger partial charge in [0.15, 0.2) is 0 Å². The third kappa shape index (κ3) is 3.83. The van der Waals surface area contributed by atoms with Gasteiger partial charge >= 0.3 is 0 Å². The number of hydrogen-bond acceptors (Lipinski definition) is 5. The SMILES string of the molecule is CCCOC1CCCN(C(=O)c2ccc(-c3cnc4n[nH]nc4c3)cc2)C1. The number of benzene rings is 1. The van der Waals surface area contributed by atoms with E-state index in [0.717, 1.165) is 49.1 Å². The molecule has 3 aromatic rings. The molecule has 1 fully saturated rings. The Morgan fingerprint density at radius 1 is 1.26 bits per heavy atom. The average molecular weight is 365 g/mol. The Morgan fingerprint density at radius 3 is 2.93 bits per heavy atom. The predicted octanol–water partition coefficient (Wildman–Crippen LogP) is 3.05. The molecule has 0 radical (unpaired) electrons. The number of amides is 1. The summed E-state index contributed by atoms with van der Waals surface area (Å²) in [7, 11) is 0. The number of H-pyrrole nitrogens is 1. The van der Waals surface area contributed by atoms with Gasteiger partial charge < -0.3 is 9.64 Å². The molecule has 2 aromatic heterocycles. The van der Waals surface area contributed by atoms with Crippen molar-refractivity contribution < 1.29 is 9.53 Å². The maximum Gasteiger partial charge on any atom is 0.253 e. The number of hydrogen-bond donors (Lipinski definition) is 1. The first-order chi connectivity index (χ1) is 13.2. The molecule has 1 saturated heterocycles. The molecule has 1 N–H and O–H groups in total. The number of carbonyl (C=O) groups excluding carboxylic acids is 1. The number of fused-ring (bicyclic) bond motifs is 1. The molecule has 27 heavy (non-hydrogen) atoms. The molecule has 140 valence electrons. The number of aromatic amines is 1. The number of carbonyl (C=O) groups is 1. The lowest BCUT2D eigenvalue weighted by Crippen LogP contribution is -2.43. The van der Waals surface area contributed by atoms with Crippen LogP contribution in [0, 0.1) is 0 Å². The van der Waals surface area contributed by atoms with E-state index in [1.807, 2.05) is 35.2 Å². The van der Waals surface area contributed by atoms with Crippen LogP contribution in [0.5, 0.6) is 0 Å². The second kappa shape index (κ2) is 7.84. The molecular formula is C20H23N5O2. The summed E-state index contributed by atoms with van der Waals surface area (Å²) in [4.78, 5) is 19.0. The molecule has 3 heterocycles. The van der Waals surface area contributed by atoms with Gasteiger partial charge in [0.25, 0.3) is 5.91 Å². The first kappa shape index (κ1) is 17.6. The Morgan fingerprint density at radius 2 is 2.11 bits per heavy atom. The zero-order valence-electron chi connectivity index (χ0n) is 15.4. The van der Waals surface area contributed by atoms with Crippen molar-refractivity contribution in [1.82, 2.24) is 25.3 Å². The summed E-state index contributed by atoms with van der Waals surface area (Å²) in [5, 5.41) is 10.6. The topological polar surface area (TPSA) is 84.0 Å². The van der Waals surface area contributed by atoms with Gasteiger partial charge in [-0.2, -0.15) is 10.3 Å². The van der Waals surface area contributed by atoms with E-state index in [1.54, 1.807) is 6.20 Å². The molecule has 1 atom stereocenters. The molecule has 7 heteroatoms. The van der Waals surface area contributed by atoms with Crippen LogP contribution < -0.4 is 0 Å². The maximum absolute atomic E-state index is 12.8. The number of aromatic nitrogens is 4. The second-order valence-electron chi connectivity index (χ2n) is 6.85. The highest BCUT2D eigenvalue weighted by Gasteiger charge is 2.24. The zero-order chi connectivity index (χ0) is 18.6. The summed E-state index contributed by atoms with van der Waals surface area (Å²) >= 11 is 0. The molecule has 0 saturated carbocycles. The third-order valence-corrected chi connectivity index (χ3v) is 4.86. The predicted molar refractivity (Wildman–Crippen MR) is 102 cm³/mol. The fourth-order valence-corrected chi connectivity index (χ4v) is 3.43. The van der Waals surface area contributed by atoms with Gasteiger partial charge in [0.1, 0.15) is 5.52 Å². The Bertz CT molecular complexity index is 922. The lowest BCUT2D eigenvalue weighted by Gasteiger charge is -2.32. The van der Waals surface area contributed by atoms with Crippen molar-refractivity contribution >= 4 is 17.1 Å². The van der Waals surface area contributed by atoms with Crippen LogP contribution in [0.1, 0.15) is 36.5 Å². The lowest BCUT2D eigenvalue weighted by atomic mass is 10.0. The van der Waals surface area contributed by atoms with Crippen molar-refractivity contribution in [2.75, 3.05) is 19.7 Å². The molecule has 4 rings (SSSR count). The Balaban J connectivity index is 1.47. The van der Waals surface area contributed by atoms with Crippen molar-refractivity contribution in [3.63, 3.8) is 0 Å². The molecule has 1 aliphatic rings. The van der Waals surface area contributed by atoms with Crippen molar-refractivity contribution in [3.8, 4) is 11.1 Å². The van der Waals surface area contributed by atoms with Crippen LogP contribution in [0.15, 0.2) is 36.5 Å². The molecule has 1 unspecified atom stereocenters. The van der Waals surface area contributed by atoms with Gasteiger partial charge in [-0.05, 0) is 43.0 Å². The fraction of sp³-hybridized carbons (Fsp3) is 0.400. The van der Waals surface area contributed by atoms with E-state index in [9.17, 15) is 4.79 Å². The number of piperidine rings is 1. The summed E-state index contributed by atoms with van der Waals surface area (Å²) in [6.45, 7) is 4.32. The van der Waals surface area contributed by atoms with E-state index >= 15 is 0 Å². The van der Waals surface area contributed by atoms with Crippen molar-refractivity contribution in [2.24, 2.45) is 0 Å². The zero-order valence-corrected chi connectivity index (χ0v) is 15.4. The standard InChI is InChI=1S/C20H23N5O2/c1-2-10-27-17-4-3-9-25(13-17)20(26)15-7-5-14(6-8-15)16-11-18-19(21-12-16)23-24-22-18/h5-8,11-12,17H,2-4,9-10,13H2,1H3,(H,21,22,23,24). The quantitative estimate of drug-likeness (QED) is 0.751. The third-order valence-electron chi connectivity index (χ3n) is 4.86. The Kier molecular flexibility index (Phi) is 5.11. The Hall–Kier alpha value is -2.80. The summed E-state index contributed by atoms with van der Waals surface area (Å²) in [5.74, 6) is 0.0661. The molecule has 0 aliphatic carbocycles. The van der Waals surface area contributed by atoms with Gasteiger partial charge in [0.05, 0.1) is 6.10 Å². The molecule has 0 spiro atoms. The van der Waals surface area contributed by atoms with Crippen LogP contribution in [-0.4, -0.2) is 57.0 Å². The minimum absolute atomic E-state index is 0.0661. The Labute approximate surface area is 157 Å². The highest BCUT2D eigenvalue weighted by atomic mass is 16.5. The van der Waals surface area contributed by atoms with E-state index in [-0.39, 0.29) is 12.0 Å². The minimum atomic E-state index is 0.0661. The minimum Gasteiger partial charge on any atom is -0.376 e. The van der Waals surface area contributed by atoms with E-state index in [4.69, 9.17) is 4.74 Å². The lowest BCUT2D eigenvalue weighted by molar-refractivity contribution is 0.00211. The van der Waals surface area contributed by atoms with Crippen molar-refractivity contribution in [2.45, 2.75) is 32.3 Å². The van der Waals surface area contributed by atoms with Crippen LogP contribution in [0.3, 0.4) is 0 Å². The molecule has 0 bridgehead atoms. The summed E-state index contributed by atoms with van der Waals surface area (Å²) in [6.07, 6.45) is 4.94. The summed E-state index contributed by atoms with van der Waals surface area (Å²) in [5.41, 5.74) is 3.95. The van der Waals surface area contributed by atoms with Gasteiger partial charge in [0, 0.05) is 37.0 Å². The summed E-state index contributed by atoms with van der Waals surface area (Å²) in [6, 6.07) is 9.58. The first-order valence-corrected chi connectivity index (χ1v) is 9.42. The molecule has 1 aliphatic heterocycles. The normalized spacial score (nSPS) is 17.4. The smallest absolute Gasteiger partial charge is 0.253 e. The molecular weight excluding hydrogens is 342 g/mol. The molecule has 1 amide bonds.